The van der Waals surface area contributed by atoms with Crippen molar-refractivity contribution in [2.24, 2.45) is 0 Å². The number of thiazole rings is 1. The molecule has 114 valence electrons. The van der Waals surface area contributed by atoms with Crippen LogP contribution in [0.1, 0.15) is 5.69 Å². The number of nitrogens with zero attached hydrogens (tertiary/aromatic N) is 1. The summed E-state index contributed by atoms with van der Waals surface area (Å²) in [5.74, 6) is -0.277. The summed E-state index contributed by atoms with van der Waals surface area (Å²) in [6, 6.07) is 6.16. The van der Waals surface area contributed by atoms with Crippen molar-refractivity contribution in [1.29, 1.82) is 0 Å². The maximum Gasteiger partial charge on any atom is 0.261 e. The Kier molecular flexibility index (Phi) is 6.16. The first-order valence-electron chi connectivity index (χ1n) is 6.42. The van der Waals surface area contributed by atoms with Crippen LogP contribution in [-0.4, -0.2) is 31.2 Å². The van der Waals surface area contributed by atoms with Crippen LogP contribution in [0.3, 0.4) is 0 Å². The van der Waals surface area contributed by atoms with Crippen LogP contribution >= 0.6 is 11.3 Å². The van der Waals surface area contributed by atoms with Crippen LogP contribution < -0.4 is 5.32 Å². The molecular formula is C14H15F3N2OS. The molecule has 0 radical (unpaired) electrons. The zero-order chi connectivity index (χ0) is 15.1. The quantitative estimate of drug-likeness (QED) is 0.759. The van der Waals surface area contributed by atoms with Crippen molar-refractivity contribution < 1.29 is 17.9 Å². The van der Waals surface area contributed by atoms with Crippen molar-refractivity contribution >= 4 is 11.3 Å². The number of halogens is 3. The molecule has 0 amide bonds. The monoisotopic (exact) mass is 316 g/mol. The molecule has 3 nitrogen and oxygen atoms in total. The summed E-state index contributed by atoms with van der Waals surface area (Å²) < 4.78 is 41.2. The molecule has 0 aliphatic heterocycles. The van der Waals surface area contributed by atoms with E-state index < -0.39 is 13.0 Å². The molecule has 1 aromatic heterocycles. The minimum Gasteiger partial charge on any atom is -0.374 e. The molecule has 1 aromatic carbocycles. The Morgan fingerprint density at radius 1 is 1.24 bits per heavy atom. The van der Waals surface area contributed by atoms with E-state index in [9.17, 15) is 13.2 Å². The van der Waals surface area contributed by atoms with Crippen molar-refractivity contribution in [3.8, 4) is 10.6 Å². The topological polar surface area (TPSA) is 34.2 Å². The Hall–Kier alpha value is -1.44. The average Bonchev–Trinajstić information content (AvgIpc) is 2.92. The van der Waals surface area contributed by atoms with Crippen molar-refractivity contribution in [3.05, 3.63) is 41.2 Å². The summed E-state index contributed by atoms with van der Waals surface area (Å²) in [4.78, 5) is 4.43. The van der Waals surface area contributed by atoms with Crippen LogP contribution in [0.25, 0.3) is 10.6 Å². The maximum absolute atomic E-state index is 12.8. The molecule has 2 aromatic rings. The summed E-state index contributed by atoms with van der Waals surface area (Å²) >= 11 is 1.48. The standard InChI is InChI=1S/C14H15F3N2OS/c15-11-3-1-10(2-4-11)14-19-12(9-21-14)7-18-5-6-20-8-13(16)17/h1-4,9,13,18H,5-8H2. The number of alkyl halides is 2. The highest BCUT2D eigenvalue weighted by atomic mass is 32.1. The summed E-state index contributed by atoms with van der Waals surface area (Å²) in [6.45, 7) is 0.720. The molecule has 0 aliphatic rings. The van der Waals surface area contributed by atoms with E-state index in [1.807, 2.05) is 5.38 Å². The number of hydrogen-bond donors (Lipinski definition) is 1. The molecule has 0 fully saturated rings. The number of rotatable bonds is 8. The van der Waals surface area contributed by atoms with E-state index in [4.69, 9.17) is 4.74 Å². The second kappa shape index (κ2) is 8.11. The van der Waals surface area contributed by atoms with Gasteiger partial charge in [0.1, 0.15) is 17.4 Å². The average molecular weight is 316 g/mol. The van der Waals surface area contributed by atoms with Gasteiger partial charge in [-0.25, -0.2) is 18.2 Å². The summed E-state index contributed by atoms with van der Waals surface area (Å²) in [5.41, 5.74) is 1.72. The second-order valence-corrected chi connectivity index (χ2v) is 5.15. The Balaban J connectivity index is 1.74. The number of benzene rings is 1. The molecule has 7 heteroatoms. The van der Waals surface area contributed by atoms with Gasteiger partial charge in [0, 0.05) is 24.0 Å². The third-order valence-corrected chi connectivity index (χ3v) is 3.56. The van der Waals surface area contributed by atoms with Crippen LogP contribution in [0.15, 0.2) is 29.6 Å². The molecule has 0 spiro atoms. The molecular weight excluding hydrogens is 301 g/mol. The molecule has 0 bridgehead atoms. The van der Waals surface area contributed by atoms with Gasteiger partial charge in [-0.15, -0.1) is 11.3 Å². The van der Waals surface area contributed by atoms with Gasteiger partial charge in [0.15, 0.2) is 0 Å². The van der Waals surface area contributed by atoms with Crippen LogP contribution in [0.2, 0.25) is 0 Å². The largest absolute Gasteiger partial charge is 0.374 e. The van der Waals surface area contributed by atoms with E-state index in [-0.39, 0.29) is 12.4 Å². The first kappa shape index (κ1) is 15.9. The number of aromatic nitrogens is 1. The van der Waals surface area contributed by atoms with E-state index in [0.29, 0.717) is 13.1 Å². The van der Waals surface area contributed by atoms with Crippen LogP contribution in [0.5, 0.6) is 0 Å². The summed E-state index contributed by atoms with van der Waals surface area (Å²) in [6.07, 6.45) is -2.43. The lowest BCUT2D eigenvalue weighted by atomic mass is 10.2. The van der Waals surface area contributed by atoms with Crippen LogP contribution in [-0.2, 0) is 11.3 Å². The first-order chi connectivity index (χ1) is 10.1. The lowest BCUT2D eigenvalue weighted by Gasteiger charge is -2.04. The fraction of sp³-hybridized carbons (Fsp3) is 0.357. The molecule has 0 aliphatic carbocycles. The normalized spacial score (nSPS) is 11.2. The van der Waals surface area contributed by atoms with Crippen LogP contribution in [0, 0.1) is 5.82 Å². The van der Waals surface area contributed by atoms with Crippen molar-refractivity contribution in [2.45, 2.75) is 13.0 Å². The SMILES string of the molecule is Fc1ccc(-c2nc(CNCCOCC(F)F)cs2)cc1. The lowest BCUT2D eigenvalue weighted by molar-refractivity contribution is 0.0187. The van der Waals surface area contributed by atoms with Gasteiger partial charge in [-0.3, -0.25) is 0 Å². The highest BCUT2D eigenvalue weighted by Crippen LogP contribution is 2.23. The Morgan fingerprint density at radius 3 is 2.71 bits per heavy atom. The first-order valence-corrected chi connectivity index (χ1v) is 7.30. The Morgan fingerprint density at radius 2 is 2.00 bits per heavy atom. The van der Waals surface area contributed by atoms with Gasteiger partial charge < -0.3 is 10.1 Å². The van der Waals surface area contributed by atoms with Gasteiger partial charge >= 0.3 is 0 Å². The third-order valence-electron chi connectivity index (χ3n) is 2.62. The second-order valence-electron chi connectivity index (χ2n) is 4.29. The fourth-order valence-electron chi connectivity index (χ4n) is 1.65. The van der Waals surface area contributed by atoms with Crippen molar-refractivity contribution in [3.63, 3.8) is 0 Å². The maximum atomic E-state index is 12.8. The van der Waals surface area contributed by atoms with Gasteiger partial charge in [-0.2, -0.15) is 0 Å². The van der Waals surface area contributed by atoms with E-state index in [2.05, 4.69) is 10.3 Å². The predicted octanol–water partition coefficient (Wildman–Crippen LogP) is 3.32. The van der Waals surface area contributed by atoms with E-state index in [0.717, 1.165) is 16.3 Å². The van der Waals surface area contributed by atoms with Gasteiger partial charge in [-0.05, 0) is 24.3 Å². The lowest BCUT2D eigenvalue weighted by Crippen LogP contribution is -2.20. The molecule has 0 saturated carbocycles. The molecule has 0 saturated heterocycles. The van der Waals surface area contributed by atoms with Crippen LogP contribution in [0.4, 0.5) is 13.2 Å². The van der Waals surface area contributed by atoms with Gasteiger partial charge in [0.05, 0.1) is 12.3 Å². The summed E-state index contributed by atoms with van der Waals surface area (Å²) in [5, 5.41) is 5.79. The highest BCUT2D eigenvalue weighted by Gasteiger charge is 2.05. The van der Waals surface area contributed by atoms with Gasteiger partial charge in [0.2, 0.25) is 0 Å². The van der Waals surface area contributed by atoms with Gasteiger partial charge in [-0.1, -0.05) is 0 Å². The minimum atomic E-state index is -2.43. The smallest absolute Gasteiger partial charge is 0.261 e. The number of hydrogen-bond acceptors (Lipinski definition) is 4. The fourth-order valence-corrected chi connectivity index (χ4v) is 2.47. The van der Waals surface area contributed by atoms with E-state index >= 15 is 0 Å². The predicted molar refractivity (Wildman–Crippen MR) is 76.0 cm³/mol. The number of ether oxygens (including phenoxy) is 1. The molecule has 1 heterocycles. The Bertz CT molecular complexity index is 545. The minimum absolute atomic E-state index is 0.235. The van der Waals surface area contributed by atoms with Crippen molar-refractivity contribution in [1.82, 2.24) is 10.3 Å². The highest BCUT2D eigenvalue weighted by molar-refractivity contribution is 7.13. The molecule has 0 unspecified atom stereocenters. The van der Waals surface area contributed by atoms with Crippen molar-refractivity contribution in [2.75, 3.05) is 19.8 Å². The molecule has 0 atom stereocenters. The molecule has 21 heavy (non-hydrogen) atoms. The van der Waals surface area contributed by atoms with E-state index in [1.165, 1.54) is 23.5 Å². The number of nitrogens with one attached hydrogen (secondary N) is 1. The van der Waals surface area contributed by atoms with Gasteiger partial charge in [0.25, 0.3) is 6.43 Å². The Labute approximate surface area is 124 Å². The molecule has 2 rings (SSSR count). The molecule has 1 N–H and O–H groups in total. The zero-order valence-corrected chi connectivity index (χ0v) is 12.0. The summed E-state index contributed by atoms with van der Waals surface area (Å²) in [7, 11) is 0. The van der Waals surface area contributed by atoms with E-state index in [1.54, 1.807) is 12.1 Å². The zero-order valence-electron chi connectivity index (χ0n) is 11.2. The third kappa shape index (κ3) is 5.45.